The van der Waals surface area contributed by atoms with Crippen molar-refractivity contribution in [2.75, 3.05) is 0 Å². The smallest absolute Gasteiger partial charge is 0.545 e. The molecule has 2 aromatic rings. The first kappa shape index (κ1) is 27.1. The summed E-state index contributed by atoms with van der Waals surface area (Å²) in [6, 6.07) is 5.79. The molecule has 2 aromatic carbocycles. The zero-order chi connectivity index (χ0) is 21.9. The molecule has 0 aliphatic heterocycles. The molecule has 152 valence electrons. The normalized spacial score (nSPS) is 10.8. The van der Waals surface area contributed by atoms with Crippen LogP contribution < -0.4 is 10.2 Å². The van der Waals surface area contributed by atoms with Gasteiger partial charge in [-0.2, -0.15) is 16.8 Å². The van der Waals surface area contributed by atoms with Crippen molar-refractivity contribution < 1.29 is 56.0 Å². The molecule has 0 saturated heterocycles. The molecule has 2 rings (SSSR count). The molecule has 4 N–H and O–H groups in total. The Balaban J connectivity index is 0.000000523. The molecule has 0 amide bonds. The third-order valence-electron chi connectivity index (χ3n) is 2.99. The standard InChI is InChI=1S/2C7H6O6S.Ca/c2*8-6-4(7(9)10)2-1-3-5(6)14(11,12)13;/h2*1-3,8H,(H,9,10)(H,11,12,13);/q;;+2/p-2. The van der Waals surface area contributed by atoms with Gasteiger partial charge in [0.15, 0.2) is 0 Å². The minimum Gasteiger partial charge on any atom is -0.545 e. The van der Waals surface area contributed by atoms with Crippen LogP contribution in [0.3, 0.4) is 0 Å². The molecular formula is C14H10CaO12S2. The van der Waals surface area contributed by atoms with Crippen molar-refractivity contribution in [1.82, 2.24) is 0 Å². The minimum atomic E-state index is -4.63. The average Bonchev–Trinajstić information content (AvgIpc) is 2.53. The predicted molar refractivity (Wildman–Crippen MR) is 90.3 cm³/mol. The number of hydrogen-bond donors (Lipinski definition) is 4. The van der Waals surface area contributed by atoms with Crippen LogP contribution in [0.1, 0.15) is 20.7 Å². The topological polar surface area (TPSA) is 229 Å². The molecule has 0 bridgehead atoms. The van der Waals surface area contributed by atoms with E-state index in [1.54, 1.807) is 0 Å². The van der Waals surface area contributed by atoms with E-state index in [9.17, 15) is 36.6 Å². The second-order valence-corrected chi connectivity index (χ2v) is 7.61. The molecule has 0 atom stereocenters. The maximum absolute atomic E-state index is 10.6. The quantitative estimate of drug-likeness (QED) is 0.269. The molecule has 12 nitrogen and oxygen atoms in total. The van der Waals surface area contributed by atoms with Crippen LogP contribution in [-0.2, 0) is 20.2 Å². The van der Waals surface area contributed by atoms with E-state index < -0.39 is 64.6 Å². The molecule has 15 heteroatoms. The van der Waals surface area contributed by atoms with Gasteiger partial charge in [0, 0.05) is 11.1 Å². The second-order valence-electron chi connectivity index (χ2n) is 4.83. The van der Waals surface area contributed by atoms with Crippen LogP contribution in [0.4, 0.5) is 0 Å². The van der Waals surface area contributed by atoms with Gasteiger partial charge in [-0.25, -0.2) is 0 Å². The third-order valence-corrected chi connectivity index (χ3v) is 4.76. The van der Waals surface area contributed by atoms with E-state index in [0.717, 1.165) is 36.4 Å². The molecule has 0 heterocycles. The summed E-state index contributed by atoms with van der Waals surface area (Å²) in [5.74, 6) is -5.52. The first-order chi connectivity index (χ1) is 12.7. The number of benzene rings is 2. The number of aromatic hydroxyl groups is 2. The van der Waals surface area contributed by atoms with E-state index >= 15 is 0 Å². The van der Waals surface area contributed by atoms with E-state index in [1.807, 2.05) is 0 Å². The van der Waals surface area contributed by atoms with E-state index in [0.29, 0.717) is 0 Å². The summed E-state index contributed by atoms with van der Waals surface area (Å²) in [6.45, 7) is 0. The summed E-state index contributed by atoms with van der Waals surface area (Å²) >= 11 is 0. The number of phenols is 2. The number of hydrogen-bond acceptors (Lipinski definition) is 10. The predicted octanol–water partition coefficient (Wildman–Crippen LogP) is -2.38. The van der Waals surface area contributed by atoms with Crippen LogP contribution >= 0.6 is 0 Å². The molecular weight excluding hydrogens is 464 g/mol. The average molecular weight is 474 g/mol. The summed E-state index contributed by atoms with van der Waals surface area (Å²) in [4.78, 5) is 19.0. The number of rotatable bonds is 4. The van der Waals surface area contributed by atoms with E-state index in [-0.39, 0.29) is 37.7 Å². The van der Waals surface area contributed by atoms with Gasteiger partial charge in [0.25, 0.3) is 20.2 Å². The largest absolute Gasteiger partial charge is 2.00 e. The zero-order valence-electron chi connectivity index (χ0n) is 14.0. The van der Waals surface area contributed by atoms with Gasteiger partial charge in [-0.05, 0) is 24.3 Å². The number of carbonyl (C=O) groups excluding carboxylic acids is 2. The van der Waals surface area contributed by atoms with Gasteiger partial charge >= 0.3 is 37.7 Å². The molecule has 0 aliphatic rings. The number of carboxylic acid groups (broad SMARTS) is 2. The van der Waals surface area contributed by atoms with Gasteiger partial charge < -0.3 is 30.0 Å². The fourth-order valence-electron chi connectivity index (χ4n) is 1.79. The van der Waals surface area contributed by atoms with Crippen molar-refractivity contribution in [3.05, 3.63) is 47.5 Å². The Morgan fingerprint density at radius 1 is 0.690 bits per heavy atom. The minimum absolute atomic E-state index is 0. The number of aromatic carboxylic acids is 2. The van der Waals surface area contributed by atoms with E-state index in [1.165, 1.54) is 0 Å². The fraction of sp³-hybridized carbons (Fsp3) is 0. The van der Waals surface area contributed by atoms with Crippen LogP contribution in [0.25, 0.3) is 0 Å². The molecule has 0 spiro atoms. The van der Waals surface area contributed by atoms with Crippen LogP contribution in [0, 0.1) is 0 Å². The van der Waals surface area contributed by atoms with Gasteiger partial charge in [0.05, 0.1) is 11.9 Å². The van der Waals surface area contributed by atoms with Crippen molar-refractivity contribution in [3.63, 3.8) is 0 Å². The number of para-hydroxylation sites is 2. The Bertz CT molecular complexity index is 1050. The Kier molecular flexibility index (Phi) is 9.52. The molecule has 0 unspecified atom stereocenters. The second kappa shape index (κ2) is 10.2. The van der Waals surface area contributed by atoms with Crippen LogP contribution in [0.5, 0.6) is 11.5 Å². The molecule has 0 aromatic heterocycles. The van der Waals surface area contributed by atoms with Crippen LogP contribution in [0.2, 0.25) is 0 Å². The Morgan fingerprint density at radius 2 is 0.966 bits per heavy atom. The summed E-state index contributed by atoms with van der Waals surface area (Å²) in [5.41, 5.74) is -1.39. The SMILES string of the molecule is O=C([O-])c1cccc(S(=O)(=O)O)c1O.O=C([O-])c1cccc(S(=O)(=O)O)c1O.[Ca+2]. The molecule has 0 fully saturated rings. The van der Waals surface area contributed by atoms with Crippen LogP contribution in [0.15, 0.2) is 46.2 Å². The van der Waals surface area contributed by atoms with Crippen molar-refractivity contribution in [3.8, 4) is 11.5 Å². The Morgan fingerprint density at radius 3 is 1.17 bits per heavy atom. The Hall–Kier alpha value is -1.94. The van der Waals surface area contributed by atoms with Gasteiger partial charge in [-0.1, -0.05) is 12.1 Å². The molecule has 0 saturated carbocycles. The number of carbonyl (C=O) groups is 2. The van der Waals surface area contributed by atoms with E-state index in [2.05, 4.69) is 0 Å². The summed E-state index contributed by atoms with van der Waals surface area (Å²) in [7, 11) is -9.26. The van der Waals surface area contributed by atoms with Crippen molar-refractivity contribution >= 4 is 69.9 Å². The van der Waals surface area contributed by atoms with Gasteiger partial charge in [0.1, 0.15) is 21.3 Å². The van der Waals surface area contributed by atoms with Crippen molar-refractivity contribution in [1.29, 1.82) is 0 Å². The third kappa shape index (κ3) is 7.11. The van der Waals surface area contributed by atoms with Gasteiger partial charge in [-0.15, -0.1) is 0 Å². The summed E-state index contributed by atoms with van der Waals surface area (Å²) in [5, 5.41) is 39.0. The molecule has 0 radical (unpaired) electrons. The zero-order valence-corrected chi connectivity index (χ0v) is 17.9. The van der Waals surface area contributed by atoms with Gasteiger partial charge in [-0.3, -0.25) is 9.11 Å². The van der Waals surface area contributed by atoms with Crippen molar-refractivity contribution in [2.45, 2.75) is 9.79 Å². The maximum Gasteiger partial charge on any atom is 2.00 e. The summed E-state index contributed by atoms with van der Waals surface area (Å²) in [6.07, 6.45) is 0. The molecule has 0 aliphatic carbocycles. The first-order valence-electron chi connectivity index (χ1n) is 6.69. The monoisotopic (exact) mass is 474 g/mol. The Labute approximate surface area is 193 Å². The molecule has 29 heavy (non-hydrogen) atoms. The number of carboxylic acids is 2. The van der Waals surface area contributed by atoms with E-state index in [4.69, 9.17) is 19.3 Å². The maximum atomic E-state index is 10.6. The van der Waals surface area contributed by atoms with Crippen LogP contribution in [-0.4, -0.2) is 85.8 Å². The van der Waals surface area contributed by atoms with Gasteiger partial charge in [0.2, 0.25) is 0 Å². The fourth-order valence-corrected chi connectivity index (χ4v) is 3.00. The first-order valence-corrected chi connectivity index (χ1v) is 9.57. The van der Waals surface area contributed by atoms with Crippen molar-refractivity contribution in [2.24, 2.45) is 0 Å². The summed E-state index contributed by atoms with van der Waals surface area (Å²) < 4.78 is 59.6.